The van der Waals surface area contributed by atoms with Crippen LogP contribution in [0.2, 0.25) is 0 Å². The Bertz CT molecular complexity index is 904. The number of hydrogen-bond donors (Lipinski definition) is 2. The van der Waals surface area contributed by atoms with Crippen LogP contribution < -0.4 is 20.5 Å². The van der Waals surface area contributed by atoms with E-state index in [-0.39, 0.29) is 25.5 Å². The first kappa shape index (κ1) is 20.4. The molecule has 0 aromatic heterocycles. The van der Waals surface area contributed by atoms with Gasteiger partial charge in [-0.25, -0.2) is 0 Å². The van der Waals surface area contributed by atoms with E-state index in [0.717, 1.165) is 22.4 Å². The van der Waals surface area contributed by atoms with Crippen molar-refractivity contribution in [2.45, 2.75) is 27.2 Å². The van der Waals surface area contributed by atoms with Gasteiger partial charge in [0.2, 0.25) is 11.8 Å². The van der Waals surface area contributed by atoms with Crippen LogP contribution in [-0.2, 0) is 14.4 Å². The zero-order chi connectivity index (χ0) is 21.0. The summed E-state index contributed by atoms with van der Waals surface area (Å²) in [6.45, 7) is 5.84. The predicted molar refractivity (Wildman–Crippen MR) is 109 cm³/mol. The van der Waals surface area contributed by atoms with Gasteiger partial charge >= 0.3 is 0 Å². The van der Waals surface area contributed by atoms with Crippen LogP contribution in [0.5, 0.6) is 5.75 Å². The normalized spacial score (nSPS) is 15.9. The number of para-hydroxylation sites is 1. The van der Waals surface area contributed by atoms with Gasteiger partial charge in [-0.1, -0.05) is 35.9 Å². The van der Waals surface area contributed by atoms with E-state index in [1.165, 1.54) is 0 Å². The highest BCUT2D eigenvalue weighted by Crippen LogP contribution is 2.25. The molecule has 0 aliphatic carbocycles. The fraction of sp³-hybridized carbons (Fsp3) is 0.318. The summed E-state index contributed by atoms with van der Waals surface area (Å²) in [5.74, 6) is -0.847. The molecule has 1 fully saturated rings. The third kappa shape index (κ3) is 4.93. The van der Waals surface area contributed by atoms with Crippen LogP contribution in [0.3, 0.4) is 0 Å². The van der Waals surface area contributed by atoms with Crippen molar-refractivity contribution in [2.75, 3.05) is 18.1 Å². The second-order valence-electron chi connectivity index (χ2n) is 7.29. The van der Waals surface area contributed by atoms with E-state index in [1.807, 2.05) is 63.2 Å². The van der Waals surface area contributed by atoms with Crippen LogP contribution in [0.25, 0.3) is 0 Å². The Morgan fingerprint density at radius 2 is 1.69 bits per heavy atom. The number of carbonyl (C=O) groups is 3. The van der Waals surface area contributed by atoms with Crippen LogP contribution in [0.4, 0.5) is 5.69 Å². The highest BCUT2D eigenvalue weighted by molar-refractivity contribution is 6.00. The predicted octanol–water partition coefficient (Wildman–Crippen LogP) is 2.19. The molecule has 1 aliphatic heterocycles. The van der Waals surface area contributed by atoms with Crippen LogP contribution in [0, 0.1) is 26.7 Å². The molecule has 2 N–H and O–H groups in total. The van der Waals surface area contributed by atoms with Crippen molar-refractivity contribution in [1.82, 2.24) is 10.9 Å². The van der Waals surface area contributed by atoms with Gasteiger partial charge in [0.1, 0.15) is 5.75 Å². The number of nitrogens with one attached hydrogen (secondary N) is 2. The molecule has 0 spiro atoms. The Morgan fingerprint density at radius 1 is 1.03 bits per heavy atom. The number of aryl methyl sites for hydroxylation is 3. The number of anilines is 1. The largest absolute Gasteiger partial charge is 0.483 e. The van der Waals surface area contributed by atoms with E-state index in [9.17, 15) is 14.4 Å². The minimum atomic E-state index is -0.524. The van der Waals surface area contributed by atoms with Gasteiger partial charge in [0, 0.05) is 18.7 Å². The van der Waals surface area contributed by atoms with E-state index in [2.05, 4.69) is 10.9 Å². The first-order valence-electron chi connectivity index (χ1n) is 9.50. The van der Waals surface area contributed by atoms with E-state index in [4.69, 9.17) is 4.74 Å². The van der Waals surface area contributed by atoms with Gasteiger partial charge in [-0.05, 0) is 44.0 Å². The summed E-state index contributed by atoms with van der Waals surface area (Å²) in [5, 5.41) is 0. The number of ether oxygens (including phenoxy) is 1. The lowest BCUT2D eigenvalue weighted by Gasteiger charge is -2.17. The Morgan fingerprint density at radius 3 is 2.34 bits per heavy atom. The monoisotopic (exact) mass is 395 g/mol. The number of benzene rings is 2. The molecule has 2 aromatic rings. The van der Waals surface area contributed by atoms with Crippen LogP contribution in [-0.4, -0.2) is 30.9 Å². The summed E-state index contributed by atoms with van der Waals surface area (Å²) in [5.41, 5.74) is 8.48. The molecule has 0 saturated carbocycles. The molecule has 1 atom stereocenters. The number of nitrogens with zero attached hydrogens (tertiary/aromatic N) is 1. The van der Waals surface area contributed by atoms with Crippen molar-refractivity contribution < 1.29 is 19.1 Å². The second kappa shape index (κ2) is 8.77. The quantitative estimate of drug-likeness (QED) is 0.760. The van der Waals surface area contributed by atoms with Crippen LogP contribution in [0.1, 0.15) is 23.1 Å². The maximum Gasteiger partial charge on any atom is 0.276 e. The average Bonchev–Trinajstić information content (AvgIpc) is 3.08. The molecule has 7 nitrogen and oxygen atoms in total. The smallest absolute Gasteiger partial charge is 0.276 e. The molecule has 0 bridgehead atoms. The molecule has 29 heavy (non-hydrogen) atoms. The molecule has 0 radical (unpaired) electrons. The summed E-state index contributed by atoms with van der Waals surface area (Å²) in [7, 11) is 0. The molecule has 3 rings (SSSR count). The maximum absolute atomic E-state index is 12.4. The SMILES string of the molecule is Cc1ccc(N2C[C@H](C(=O)NNC(=O)COc3c(C)cccc3C)CC2=O)cc1. The highest BCUT2D eigenvalue weighted by Gasteiger charge is 2.35. The lowest BCUT2D eigenvalue weighted by molar-refractivity contribution is -0.132. The number of hydrogen-bond acceptors (Lipinski definition) is 4. The van der Waals surface area contributed by atoms with Crippen LogP contribution >= 0.6 is 0 Å². The molecule has 2 aromatic carbocycles. The fourth-order valence-electron chi connectivity index (χ4n) is 3.29. The van der Waals surface area contributed by atoms with Gasteiger partial charge in [0.15, 0.2) is 6.61 Å². The van der Waals surface area contributed by atoms with Gasteiger partial charge in [-0.3, -0.25) is 25.2 Å². The van der Waals surface area contributed by atoms with Crippen molar-refractivity contribution in [3.05, 3.63) is 59.2 Å². The maximum atomic E-state index is 12.4. The van der Waals surface area contributed by atoms with Gasteiger partial charge in [-0.2, -0.15) is 0 Å². The fourth-order valence-corrected chi connectivity index (χ4v) is 3.29. The number of rotatable bonds is 5. The van der Waals surface area contributed by atoms with Crippen molar-refractivity contribution in [3.8, 4) is 5.75 Å². The third-order valence-corrected chi connectivity index (χ3v) is 4.92. The topological polar surface area (TPSA) is 87.7 Å². The number of hydrazine groups is 1. The minimum Gasteiger partial charge on any atom is -0.483 e. The zero-order valence-corrected chi connectivity index (χ0v) is 16.8. The average molecular weight is 395 g/mol. The van der Waals surface area contributed by atoms with E-state index >= 15 is 0 Å². The first-order valence-corrected chi connectivity index (χ1v) is 9.50. The molecular weight excluding hydrogens is 370 g/mol. The molecule has 3 amide bonds. The standard InChI is InChI=1S/C22H25N3O4/c1-14-7-9-18(10-8-14)25-12-17(11-20(25)27)22(28)24-23-19(26)13-29-21-15(2)5-4-6-16(21)3/h4-10,17H,11-13H2,1-3H3,(H,23,26)(H,24,28)/t17-/m1/s1. The summed E-state index contributed by atoms with van der Waals surface area (Å²) in [6.07, 6.45) is 0.106. The Hall–Kier alpha value is -3.35. The molecule has 1 saturated heterocycles. The summed E-state index contributed by atoms with van der Waals surface area (Å²) in [4.78, 5) is 38.2. The number of carbonyl (C=O) groups excluding carboxylic acids is 3. The summed E-state index contributed by atoms with van der Waals surface area (Å²) in [6, 6.07) is 13.3. The third-order valence-electron chi connectivity index (χ3n) is 4.92. The number of amides is 3. The van der Waals surface area contributed by atoms with Crippen molar-refractivity contribution in [2.24, 2.45) is 5.92 Å². The molecule has 7 heteroatoms. The lowest BCUT2D eigenvalue weighted by Crippen LogP contribution is -2.46. The van der Waals surface area contributed by atoms with Crippen molar-refractivity contribution >= 4 is 23.4 Å². The zero-order valence-electron chi connectivity index (χ0n) is 16.8. The minimum absolute atomic E-state index is 0.106. The Balaban J connectivity index is 1.48. The Labute approximate surface area is 170 Å². The molecule has 1 heterocycles. The van der Waals surface area contributed by atoms with E-state index in [1.54, 1.807) is 4.90 Å². The van der Waals surface area contributed by atoms with Crippen molar-refractivity contribution in [3.63, 3.8) is 0 Å². The Kier molecular flexibility index (Phi) is 6.16. The van der Waals surface area contributed by atoms with Gasteiger partial charge in [0.25, 0.3) is 5.91 Å². The van der Waals surface area contributed by atoms with Crippen molar-refractivity contribution in [1.29, 1.82) is 0 Å². The second-order valence-corrected chi connectivity index (χ2v) is 7.29. The van der Waals surface area contributed by atoms with E-state index in [0.29, 0.717) is 5.75 Å². The van der Waals surface area contributed by atoms with E-state index < -0.39 is 17.7 Å². The molecule has 1 aliphatic rings. The summed E-state index contributed by atoms with van der Waals surface area (Å²) >= 11 is 0. The molecule has 152 valence electrons. The van der Waals surface area contributed by atoms with Gasteiger partial charge in [0.05, 0.1) is 5.92 Å². The van der Waals surface area contributed by atoms with Gasteiger partial charge < -0.3 is 9.64 Å². The molecule has 0 unspecified atom stereocenters. The summed E-state index contributed by atoms with van der Waals surface area (Å²) < 4.78 is 5.56. The molecular formula is C22H25N3O4. The lowest BCUT2D eigenvalue weighted by atomic mass is 10.1. The van der Waals surface area contributed by atoms with Gasteiger partial charge in [-0.15, -0.1) is 0 Å². The highest BCUT2D eigenvalue weighted by atomic mass is 16.5. The first-order chi connectivity index (χ1) is 13.8. The van der Waals surface area contributed by atoms with Crippen LogP contribution in [0.15, 0.2) is 42.5 Å².